The molecule has 0 aliphatic rings. The molecule has 5 atom stereocenters. The second kappa shape index (κ2) is 9.46. The number of hydrogen-bond donors (Lipinski definition) is 8. The number of carbonyl (C=O) groups excluding carboxylic acids is 1. The Morgan fingerprint density at radius 1 is 0.917 bits per heavy atom. The first-order chi connectivity index (χ1) is 11.0. The standard InChI is InChI=1S/C12H20O12/c13-3-5(15)9(20)10(6(16)4-14)24-8(19)2-12(23,11(21)22)1-7(17)18/h5-6,9-10,13-16,20,23H,1-4H2,(H,17,18)(H,21,22)/t5-,6+,9+,10-,12?/m1/s1. The highest BCUT2D eigenvalue weighted by molar-refractivity contribution is 5.88. The maximum absolute atomic E-state index is 11.7. The maximum atomic E-state index is 11.7. The number of ether oxygens (including phenoxy) is 1. The monoisotopic (exact) mass is 356 g/mol. The second-order valence-electron chi connectivity index (χ2n) is 5.03. The fourth-order valence-electron chi connectivity index (χ4n) is 1.70. The predicted molar refractivity (Wildman–Crippen MR) is 71.5 cm³/mol. The Balaban J connectivity index is 5.17. The second-order valence-corrected chi connectivity index (χ2v) is 5.03. The zero-order valence-corrected chi connectivity index (χ0v) is 12.3. The first-order valence-corrected chi connectivity index (χ1v) is 6.61. The molecular weight excluding hydrogens is 336 g/mol. The van der Waals surface area contributed by atoms with Crippen molar-refractivity contribution in [1.82, 2.24) is 0 Å². The average molecular weight is 356 g/mol. The molecule has 0 saturated heterocycles. The van der Waals surface area contributed by atoms with E-state index in [1.807, 2.05) is 0 Å². The number of aliphatic hydroxyl groups excluding tert-OH is 5. The normalized spacial score (nSPS) is 18.8. The van der Waals surface area contributed by atoms with Gasteiger partial charge >= 0.3 is 17.9 Å². The van der Waals surface area contributed by atoms with Crippen LogP contribution in [-0.4, -0.2) is 102 Å². The molecule has 0 amide bonds. The van der Waals surface area contributed by atoms with Crippen LogP contribution < -0.4 is 0 Å². The fraction of sp³-hybridized carbons (Fsp3) is 0.750. The number of esters is 1. The maximum Gasteiger partial charge on any atom is 0.336 e. The van der Waals surface area contributed by atoms with Gasteiger partial charge in [0.05, 0.1) is 26.1 Å². The minimum atomic E-state index is -3.00. The van der Waals surface area contributed by atoms with Gasteiger partial charge in [0.2, 0.25) is 0 Å². The van der Waals surface area contributed by atoms with Crippen molar-refractivity contribution in [3.8, 4) is 0 Å². The van der Waals surface area contributed by atoms with E-state index in [-0.39, 0.29) is 0 Å². The molecule has 0 heterocycles. The number of hydrogen-bond acceptors (Lipinski definition) is 10. The van der Waals surface area contributed by atoms with Crippen molar-refractivity contribution in [3.63, 3.8) is 0 Å². The molecule has 0 aromatic rings. The molecule has 0 aliphatic carbocycles. The summed E-state index contributed by atoms with van der Waals surface area (Å²) in [4.78, 5) is 33.2. The minimum absolute atomic E-state index is 0.981. The van der Waals surface area contributed by atoms with Crippen LogP contribution in [0.3, 0.4) is 0 Å². The number of carbonyl (C=O) groups is 3. The summed E-state index contributed by atoms with van der Waals surface area (Å²) in [5.74, 6) is -5.25. The van der Waals surface area contributed by atoms with E-state index in [0.717, 1.165) is 0 Å². The van der Waals surface area contributed by atoms with Gasteiger partial charge in [-0.15, -0.1) is 0 Å². The zero-order chi connectivity index (χ0) is 19.1. The van der Waals surface area contributed by atoms with E-state index < -0.39 is 74.0 Å². The summed E-state index contributed by atoms with van der Waals surface area (Å²) in [6, 6.07) is 0. The van der Waals surface area contributed by atoms with E-state index in [4.69, 9.17) is 20.4 Å². The molecule has 0 aromatic carbocycles. The molecule has 24 heavy (non-hydrogen) atoms. The van der Waals surface area contributed by atoms with Crippen molar-refractivity contribution in [2.75, 3.05) is 13.2 Å². The zero-order valence-electron chi connectivity index (χ0n) is 12.3. The Kier molecular flexibility index (Phi) is 8.74. The minimum Gasteiger partial charge on any atom is -0.481 e. The lowest BCUT2D eigenvalue weighted by molar-refractivity contribution is -0.186. The lowest BCUT2D eigenvalue weighted by Gasteiger charge is -2.29. The quantitative estimate of drug-likeness (QED) is 0.164. The lowest BCUT2D eigenvalue weighted by Crippen LogP contribution is -2.51. The third kappa shape index (κ3) is 6.35. The fourth-order valence-corrected chi connectivity index (χ4v) is 1.70. The molecule has 0 fully saturated rings. The van der Waals surface area contributed by atoms with Crippen LogP contribution in [-0.2, 0) is 19.1 Å². The summed E-state index contributed by atoms with van der Waals surface area (Å²) in [6.45, 7) is -2.00. The SMILES string of the molecule is O=C(O)CC(O)(CC(=O)O[C@@H]([C@@H](O)[C@H](O)CO)[C@@H](O)CO)C(=O)O. The van der Waals surface area contributed by atoms with Gasteiger partial charge in [-0.1, -0.05) is 0 Å². The Hall–Kier alpha value is -1.83. The Morgan fingerprint density at radius 2 is 1.42 bits per heavy atom. The molecule has 0 spiro atoms. The molecule has 0 aromatic heterocycles. The van der Waals surface area contributed by atoms with E-state index in [1.54, 1.807) is 0 Å². The Morgan fingerprint density at radius 3 is 1.79 bits per heavy atom. The van der Waals surface area contributed by atoms with E-state index >= 15 is 0 Å². The van der Waals surface area contributed by atoms with Crippen molar-refractivity contribution in [2.45, 2.75) is 42.9 Å². The Labute approximate surface area is 135 Å². The molecule has 0 rings (SSSR count). The third-order valence-corrected chi connectivity index (χ3v) is 3.03. The number of aliphatic carboxylic acids is 2. The molecule has 12 heteroatoms. The molecular formula is C12H20O12. The van der Waals surface area contributed by atoms with Crippen molar-refractivity contribution < 1.29 is 60.0 Å². The highest BCUT2D eigenvalue weighted by Crippen LogP contribution is 2.19. The summed E-state index contributed by atoms with van der Waals surface area (Å²) >= 11 is 0. The average Bonchev–Trinajstić information content (AvgIpc) is 2.49. The summed E-state index contributed by atoms with van der Waals surface area (Å²) in [5, 5.41) is 73.1. The van der Waals surface area contributed by atoms with E-state index in [1.165, 1.54) is 0 Å². The molecule has 140 valence electrons. The van der Waals surface area contributed by atoms with Crippen LogP contribution in [0.4, 0.5) is 0 Å². The van der Waals surface area contributed by atoms with Gasteiger partial charge in [0.15, 0.2) is 11.7 Å². The van der Waals surface area contributed by atoms with Crippen LogP contribution in [0, 0.1) is 0 Å². The highest BCUT2D eigenvalue weighted by atomic mass is 16.6. The summed E-state index contributed by atoms with van der Waals surface area (Å²) in [5.41, 5.74) is -3.00. The van der Waals surface area contributed by atoms with Gasteiger partial charge in [-0.05, 0) is 0 Å². The van der Waals surface area contributed by atoms with Gasteiger partial charge in [0, 0.05) is 0 Å². The number of aliphatic hydroxyl groups is 6. The molecule has 8 N–H and O–H groups in total. The van der Waals surface area contributed by atoms with Crippen molar-refractivity contribution >= 4 is 17.9 Å². The summed E-state index contributed by atoms with van der Waals surface area (Å²) < 4.78 is 4.53. The van der Waals surface area contributed by atoms with E-state index in [0.29, 0.717) is 0 Å². The van der Waals surface area contributed by atoms with Crippen molar-refractivity contribution in [3.05, 3.63) is 0 Å². The first-order valence-electron chi connectivity index (χ1n) is 6.61. The van der Waals surface area contributed by atoms with Crippen LogP contribution in [0.1, 0.15) is 12.8 Å². The summed E-state index contributed by atoms with van der Waals surface area (Å²) in [7, 11) is 0. The molecule has 0 bridgehead atoms. The number of rotatable bonds is 11. The molecule has 1 unspecified atom stereocenters. The smallest absolute Gasteiger partial charge is 0.336 e. The van der Waals surface area contributed by atoms with Gasteiger partial charge in [0.1, 0.15) is 18.3 Å². The van der Waals surface area contributed by atoms with Crippen LogP contribution in [0.5, 0.6) is 0 Å². The molecule has 0 radical (unpaired) electrons. The van der Waals surface area contributed by atoms with Gasteiger partial charge in [0.25, 0.3) is 0 Å². The molecule has 12 nitrogen and oxygen atoms in total. The largest absolute Gasteiger partial charge is 0.481 e. The van der Waals surface area contributed by atoms with E-state index in [9.17, 15) is 34.8 Å². The number of carboxylic acid groups (broad SMARTS) is 2. The van der Waals surface area contributed by atoms with Crippen molar-refractivity contribution in [1.29, 1.82) is 0 Å². The highest BCUT2D eigenvalue weighted by Gasteiger charge is 2.43. The Bertz CT molecular complexity index is 451. The number of carboxylic acids is 2. The lowest BCUT2D eigenvalue weighted by atomic mass is 9.95. The van der Waals surface area contributed by atoms with Crippen LogP contribution >= 0.6 is 0 Å². The third-order valence-electron chi connectivity index (χ3n) is 3.03. The van der Waals surface area contributed by atoms with Crippen LogP contribution in [0.15, 0.2) is 0 Å². The van der Waals surface area contributed by atoms with E-state index in [2.05, 4.69) is 4.74 Å². The van der Waals surface area contributed by atoms with Gasteiger partial charge in [-0.25, -0.2) is 4.79 Å². The van der Waals surface area contributed by atoms with Crippen molar-refractivity contribution in [2.24, 2.45) is 0 Å². The molecule has 0 saturated carbocycles. The van der Waals surface area contributed by atoms with Crippen LogP contribution in [0.25, 0.3) is 0 Å². The van der Waals surface area contributed by atoms with Crippen LogP contribution in [0.2, 0.25) is 0 Å². The summed E-state index contributed by atoms with van der Waals surface area (Å²) in [6.07, 6.45) is -10.4. The van der Waals surface area contributed by atoms with Gasteiger partial charge < -0.3 is 45.6 Å². The topological polar surface area (TPSA) is 222 Å². The molecule has 0 aliphatic heterocycles. The predicted octanol–water partition coefficient (Wildman–Crippen LogP) is -4.35. The first kappa shape index (κ1) is 22.2. The van der Waals surface area contributed by atoms with Gasteiger partial charge in [-0.3, -0.25) is 9.59 Å². The van der Waals surface area contributed by atoms with Gasteiger partial charge in [-0.2, -0.15) is 0 Å².